The molecule has 6 rings (SSSR count). The molecule has 13 heteroatoms. The Bertz CT molecular complexity index is 1700. The zero-order chi connectivity index (χ0) is 28.6. The van der Waals surface area contributed by atoms with E-state index in [1.165, 1.54) is 18.5 Å². The minimum atomic E-state index is -2.89. The largest absolute Gasteiger partial charge is 0.435 e. The van der Waals surface area contributed by atoms with Crippen LogP contribution in [0.1, 0.15) is 24.1 Å². The molecule has 0 saturated carbocycles. The van der Waals surface area contributed by atoms with E-state index < -0.39 is 12.2 Å². The van der Waals surface area contributed by atoms with Gasteiger partial charge in [-0.25, -0.2) is 19.9 Å². The van der Waals surface area contributed by atoms with Gasteiger partial charge in [0.15, 0.2) is 11.5 Å². The van der Waals surface area contributed by atoms with Gasteiger partial charge in [0, 0.05) is 18.7 Å². The van der Waals surface area contributed by atoms with E-state index in [0.717, 1.165) is 41.9 Å². The second kappa shape index (κ2) is 10.9. The second-order valence-electron chi connectivity index (χ2n) is 9.93. The lowest BCUT2D eigenvalue weighted by Gasteiger charge is -2.41. The van der Waals surface area contributed by atoms with Crippen molar-refractivity contribution >= 4 is 34.3 Å². The Morgan fingerprint density at radius 1 is 1.07 bits per heavy atom. The molecule has 0 radical (unpaired) electrons. The molecule has 1 atom stereocenters. The number of hydrogen-bond acceptors (Lipinski definition) is 9. The summed E-state index contributed by atoms with van der Waals surface area (Å²) in [5.41, 5.74) is 17.3. The van der Waals surface area contributed by atoms with Crippen LogP contribution in [-0.2, 0) is 12.1 Å². The number of hydrogen-bond donors (Lipinski definition) is 2. The smallest absolute Gasteiger partial charge is 0.387 e. The number of imidazole rings is 1. The number of aromatic nitrogens is 6. The van der Waals surface area contributed by atoms with E-state index in [2.05, 4.69) is 29.6 Å². The highest BCUT2D eigenvalue weighted by Crippen LogP contribution is 2.35. The van der Waals surface area contributed by atoms with Gasteiger partial charge in [0.25, 0.3) is 0 Å². The number of halogens is 3. The number of pyridine rings is 2. The summed E-state index contributed by atoms with van der Waals surface area (Å²) in [6, 6.07) is 13.8. The summed E-state index contributed by atoms with van der Waals surface area (Å²) in [4.78, 5) is 24.3. The molecule has 1 aromatic carbocycles. The molecular formula is C28H26ClF2N9O. The highest BCUT2D eigenvalue weighted by atomic mass is 35.5. The number of nitrogen functional groups attached to an aromatic ring is 1. The number of ether oxygens (including phenoxy) is 1. The Balaban J connectivity index is 1.39. The third-order valence-corrected chi connectivity index (χ3v) is 7.41. The number of rotatable bonds is 7. The second-order valence-corrected chi connectivity index (χ2v) is 10.3. The molecule has 210 valence electrons. The SMILES string of the molecule is Nc1ncnc2c1ncn2Cc1cc(-c2ccc(OC(F)F)cc2)ncc1N1CCCC(N)(c2cccc(Cl)n2)C1. The maximum atomic E-state index is 12.6. The summed E-state index contributed by atoms with van der Waals surface area (Å²) >= 11 is 6.19. The van der Waals surface area contributed by atoms with E-state index in [-0.39, 0.29) is 5.75 Å². The molecule has 0 aliphatic carbocycles. The number of nitrogens with two attached hydrogens (primary N) is 2. The molecule has 4 aromatic heterocycles. The lowest BCUT2D eigenvalue weighted by molar-refractivity contribution is -0.0498. The number of fused-ring (bicyclic) bond motifs is 1. The molecule has 41 heavy (non-hydrogen) atoms. The fourth-order valence-corrected chi connectivity index (χ4v) is 5.41. The van der Waals surface area contributed by atoms with Crippen molar-refractivity contribution in [3.63, 3.8) is 0 Å². The molecule has 5 heterocycles. The van der Waals surface area contributed by atoms with Crippen LogP contribution in [0.5, 0.6) is 5.75 Å². The summed E-state index contributed by atoms with van der Waals surface area (Å²) in [5, 5.41) is 0.398. The maximum Gasteiger partial charge on any atom is 0.387 e. The summed E-state index contributed by atoms with van der Waals surface area (Å²) < 4.78 is 31.7. The van der Waals surface area contributed by atoms with Crippen molar-refractivity contribution in [3.05, 3.63) is 83.8 Å². The molecule has 1 aliphatic heterocycles. The van der Waals surface area contributed by atoms with E-state index in [9.17, 15) is 8.78 Å². The predicted molar refractivity (Wildman–Crippen MR) is 152 cm³/mol. The van der Waals surface area contributed by atoms with Gasteiger partial charge in [-0.1, -0.05) is 17.7 Å². The maximum absolute atomic E-state index is 12.6. The van der Waals surface area contributed by atoms with Crippen molar-refractivity contribution in [1.29, 1.82) is 0 Å². The average molecular weight is 578 g/mol. The Hall–Kier alpha value is -4.42. The number of anilines is 2. The first-order valence-electron chi connectivity index (χ1n) is 12.9. The van der Waals surface area contributed by atoms with Crippen LogP contribution in [0.2, 0.25) is 5.15 Å². The van der Waals surface area contributed by atoms with Crippen LogP contribution in [0, 0.1) is 0 Å². The zero-order valence-corrected chi connectivity index (χ0v) is 22.5. The molecule has 5 aromatic rings. The van der Waals surface area contributed by atoms with Crippen molar-refractivity contribution in [3.8, 4) is 17.0 Å². The molecule has 1 unspecified atom stereocenters. The predicted octanol–water partition coefficient (Wildman–Crippen LogP) is 4.62. The van der Waals surface area contributed by atoms with Gasteiger partial charge in [0.2, 0.25) is 0 Å². The number of alkyl halides is 2. The number of nitrogens with zero attached hydrogens (tertiary/aromatic N) is 7. The van der Waals surface area contributed by atoms with Gasteiger partial charge in [-0.15, -0.1) is 0 Å². The van der Waals surface area contributed by atoms with Crippen LogP contribution >= 0.6 is 11.6 Å². The summed E-state index contributed by atoms with van der Waals surface area (Å²) in [5.74, 6) is 0.374. The quantitative estimate of drug-likeness (QED) is 0.266. The summed E-state index contributed by atoms with van der Waals surface area (Å²) in [6.45, 7) is -1.21. The van der Waals surface area contributed by atoms with Gasteiger partial charge in [-0.3, -0.25) is 4.98 Å². The summed E-state index contributed by atoms with van der Waals surface area (Å²) in [6.07, 6.45) is 6.49. The van der Waals surface area contributed by atoms with Crippen LogP contribution in [0.25, 0.3) is 22.4 Å². The standard InChI is InChI=1S/C28H26ClF2N9O/c29-23-4-1-3-22(38-23)28(33)9-2-10-39(14-28)21-12-34-20(17-5-7-19(8-6-17)41-27(30)31)11-18(21)13-40-16-37-24-25(32)35-15-36-26(24)40/h1,3-8,11-12,15-16,27H,2,9-10,13-14,33H2,(H2,32,35,36). The van der Waals surface area contributed by atoms with E-state index >= 15 is 0 Å². The normalized spacial score (nSPS) is 17.3. The van der Waals surface area contributed by atoms with Crippen molar-refractivity contribution in [1.82, 2.24) is 29.5 Å². The van der Waals surface area contributed by atoms with Crippen molar-refractivity contribution in [2.45, 2.75) is 31.5 Å². The third-order valence-electron chi connectivity index (χ3n) is 7.20. The van der Waals surface area contributed by atoms with Gasteiger partial charge in [-0.05, 0) is 60.9 Å². The van der Waals surface area contributed by atoms with Crippen LogP contribution in [0.4, 0.5) is 20.3 Å². The third kappa shape index (κ3) is 5.48. The van der Waals surface area contributed by atoms with Gasteiger partial charge in [-0.2, -0.15) is 8.78 Å². The van der Waals surface area contributed by atoms with Crippen molar-refractivity contribution < 1.29 is 13.5 Å². The Labute approximate surface area is 239 Å². The number of piperidine rings is 1. The fourth-order valence-electron chi connectivity index (χ4n) is 5.25. The van der Waals surface area contributed by atoms with Gasteiger partial charge < -0.3 is 25.7 Å². The van der Waals surface area contributed by atoms with E-state index in [0.29, 0.717) is 40.9 Å². The molecule has 10 nitrogen and oxygen atoms in total. The van der Waals surface area contributed by atoms with Crippen LogP contribution in [0.15, 0.2) is 67.4 Å². The molecule has 0 bridgehead atoms. The molecule has 1 fully saturated rings. The van der Waals surface area contributed by atoms with Crippen LogP contribution < -0.4 is 21.1 Å². The van der Waals surface area contributed by atoms with Gasteiger partial charge in [0.1, 0.15) is 22.7 Å². The molecule has 4 N–H and O–H groups in total. The van der Waals surface area contributed by atoms with Crippen molar-refractivity contribution in [2.75, 3.05) is 23.7 Å². The lowest BCUT2D eigenvalue weighted by Crippen LogP contribution is -2.52. The molecule has 1 saturated heterocycles. The fraction of sp³-hybridized carbons (Fsp3) is 0.250. The summed E-state index contributed by atoms with van der Waals surface area (Å²) in [7, 11) is 0. The molecular weight excluding hydrogens is 552 g/mol. The number of benzene rings is 1. The topological polar surface area (TPSA) is 134 Å². The zero-order valence-electron chi connectivity index (χ0n) is 21.8. The Kier molecular flexibility index (Phi) is 7.10. The first kappa shape index (κ1) is 26.8. The Morgan fingerprint density at radius 2 is 1.90 bits per heavy atom. The first-order chi connectivity index (χ1) is 19.8. The monoisotopic (exact) mass is 577 g/mol. The minimum Gasteiger partial charge on any atom is -0.435 e. The molecule has 1 aliphatic rings. The van der Waals surface area contributed by atoms with E-state index in [4.69, 9.17) is 28.1 Å². The first-order valence-corrected chi connectivity index (χ1v) is 13.3. The van der Waals surface area contributed by atoms with Crippen LogP contribution in [-0.4, -0.2) is 49.2 Å². The van der Waals surface area contributed by atoms with E-state index in [1.54, 1.807) is 24.5 Å². The van der Waals surface area contributed by atoms with Crippen molar-refractivity contribution in [2.24, 2.45) is 5.73 Å². The van der Waals surface area contributed by atoms with E-state index in [1.807, 2.05) is 29.0 Å². The highest BCUT2D eigenvalue weighted by molar-refractivity contribution is 6.29. The Morgan fingerprint density at radius 3 is 2.68 bits per heavy atom. The molecule has 0 spiro atoms. The van der Waals surface area contributed by atoms with Crippen LogP contribution in [0.3, 0.4) is 0 Å². The highest BCUT2D eigenvalue weighted by Gasteiger charge is 2.35. The lowest BCUT2D eigenvalue weighted by atomic mass is 9.86. The average Bonchev–Trinajstić information content (AvgIpc) is 3.37. The minimum absolute atomic E-state index is 0.0741. The van der Waals surface area contributed by atoms with Gasteiger partial charge >= 0.3 is 6.61 Å². The molecule has 0 amide bonds. The van der Waals surface area contributed by atoms with Gasteiger partial charge in [0.05, 0.1) is 41.7 Å².